The van der Waals surface area contributed by atoms with Crippen LogP contribution < -0.4 is 10.6 Å². The first-order chi connectivity index (χ1) is 14.1. The van der Waals surface area contributed by atoms with Crippen molar-refractivity contribution in [3.05, 3.63) is 70.5 Å². The zero-order chi connectivity index (χ0) is 22.1. The van der Waals surface area contributed by atoms with Gasteiger partial charge in [-0.2, -0.15) is 0 Å². The highest BCUT2D eigenvalue weighted by molar-refractivity contribution is 6.22. The Kier molecular flexibility index (Phi) is 5.69. The van der Waals surface area contributed by atoms with Crippen LogP contribution in [0.25, 0.3) is 0 Å². The normalized spacial score (nSPS) is 13.3. The van der Waals surface area contributed by atoms with Crippen molar-refractivity contribution in [1.82, 2.24) is 15.5 Å². The summed E-state index contributed by atoms with van der Waals surface area (Å²) in [5.74, 6) is -2.04. The van der Waals surface area contributed by atoms with Gasteiger partial charge in [-0.3, -0.25) is 24.1 Å². The number of benzene rings is 2. The Morgan fingerprint density at radius 1 is 0.833 bits per heavy atom. The molecule has 1 aliphatic heterocycles. The number of halogens is 1. The largest absolute Gasteiger partial charge is 0.350 e. The number of imide groups is 1. The minimum Gasteiger partial charge on any atom is -0.350 e. The molecule has 0 bridgehead atoms. The summed E-state index contributed by atoms with van der Waals surface area (Å²) in [5.41, 5.74) is 0.367. The highest BCUT2D eigenvalue weighted by Crippen LogP contribution is 2.29. The summed E-state index contributed by atoms with van der Waals surface area (Å²) in [6.07, 6.45) is 0. The molecule has 0 fully saturated rings. The molecule has 2 N–H and O–H groups in total. The Balaban J connectivity index is 1.58. The zero-order valence-corrected chi connectivity index (χ0v) is 16.9. The number of hydrogen-bond acceptors (Lipinski definition) is 4. The van der Waals surface area contributed by atoms with Crippen LogP contribution in [0.15, 0.2) is 42.5 Å². The number of rotatable bonds is 5. The third-order valence-electron chi connectivity index (χ3n) is 4.62. The number of carbonyl (C=O) groups excluding carboxylic acids is 4. The molecular formula is C22H22FN3O4. The second kappa shape index (κ2) is 8.06. The molecule has 30 heavy (non-hydrogen) atoms. The maximum atomic E-state index is 12.9. The molecule has 3 rings (SSSR count). The molecule has 0 radical (unpaired) electrons. The van der Waals surface area contributed by atoms with Gasteiger partial charge in [-0.15, -0.1) is 0 Å². The first kappa shape index (κ1) is 21.2. The number of amides is 4. The summed E-state index contributed by atoms with van der Waals surface area (Å²) in [6, 6.07) is 9.50. The minimum atomic E-state index is -0.668. The highest BCUT2D eigenvalue weighted by Gasteiger charge is 2.42. The molecule has 0 atom stereocenters. The monoisotopic (exact) mass is 411 g/mol. The third-order valence-corrected chi connectivity index (χ3v) is 4.62. The van der Waals surface area contributed by atoms with Crippen molar-refractivity contribution in [2.45, 2.75) is 26.3 Å². The summed E-state index contributed by atoms with van der Waals surface area (Å²) in [7, 11) is 0. The lowest BCUT2D eigenvalue weighted by molar-refractivity contribution is 0.0507. The topological polar surface area (TPSA) is 95.6 Å². The van der Waals surface area contributed by atoms with Crippen LogP contribution >= 0.6 is 0 Å². The molecule has 156 valence electrons. The van der Waals surface area contributed by atoms with Crippen molar-refractivity contribution in [1.29, 1.82) is 0 Å². The van der Waals surface area contributed by atoms with E-state index in [1.165, 1.54) is 47.4 Å². The van der Waals surface area contributed by atoms with Gasteiger partial charge in [0.25, 0.3) is 23.6 Å². The van der Waals surface area contributed by atoms with Gasteiger partial charge in [-0.25, -0.2) is 4.39 Å². The fourth-order valence-electron chi connectivity index (χ4n) is 3.15. The fraction of sp³-hybridized carbons (Fsp3) is 0.273. The van der Waals surface area contributed by atoms with Gasteiger partial charge in [0.15, 0.2) is 0 Å². The Labute approximate surface area is 173 Å². The molecule has 2 aromatic carbocycles. The summed E-state index contributed by atoms with van der Waals surface area (Å²) in [6.45, 7) is 5.62. The van der Waals surface area contributed by atoms with Crippen LogP contribution in [0.2, 0.25) is 0 Å². The summed E-state index contributed by atoms with van der Waals surface area (Å²) in [5, 5.41) is 5.27. The van der Waals surface area contributed by atoms with Crippen molar-refractivity contribution in [2.24, 2.45) is 0 Å². The van der Waals surface area contributed by atoms with E-state index in [0.29, 0.717) is 5.56 Å². The first-order valence-corrected chi connectivity index (χ1v) is 9.44. The van der Waals surface area contributed by atoms with Gasteiger partial charge in [0.05, 0.1) is 11.1 Å². The van der Waals surface area contributed by atoms with Gasteiger partial charge in [-0.05, 0) is 63.2 Å². The van der Waals surface area contributed by atoms with E-state index in [0.717, 1.165) is 0 Å². The van der Waals surface area contributed by atoms with E-state index in [1.54, 1.807) is 20.8 Å². The van der Waals surface area contributed by atoms with Gasteiger partial charge >= 0.3 is 0 Å². The van der Waals surface area contributed by atoms with Gasteiger partial charge in [-0.1, -0.05) is 0 Å². The molecule has 0 saturated heterocycles. The van der Waals surface area contributed by atoms with Crippen molar-refractivity contribution >= 4 is 23.6 Å². The van der Waals surface area contributed by atoms with Crippen molar-refractivity contribution in [3.63, 3.8) is 0 Å². The average Bonchev–Trinajstić information content (AvgIpc) is 2.95. The quantitative estimate of drug-likeness (QED) is 0.583. The molecule has 2 aromatic rings. The zero-order valence-electron chi connectivity index (χ0n) is 16.9. The van der Waals surface area contributed by atoms with E-state index in [-0.39, 0.29) is 41.6 Å². The van der Waals surface area contributed by atoms with Crippen LogP contribution in [0.3, 0.4) is 0 Å². The molecule has 0 saturated carbocycles. The second-order valence-corrected chi connectivity index (χ2v) is 7.90. The van der Waals surface area contributed by atoms with Crippen molar-refractivity contribution < 1.29 is 23.6 Å². The van der Waals surface area contributed by atoms with Gasteiger partial charge < -0.3 is 10.6 Å². The Bertz CT molecular complexity index is 1030. The predicted octanol–water partition coefficient (Wildman–Crippen LogP) is 2.38. The van der Waals surface area contributed by atoms with Crippen LogP contribution in [0.5, 0.6) is 0 Å². The average molecular weight is 411 g/mol. The Hall–Kier alpha value is -3.55. The van der Waals surface area contributed by atoms with E-state index in [4.69, 9.17) is 0 Å². The van der Waals surface area contributed by atoms with E-state index in [1.807, 2.05) is 0 Å². The number of carbonyl (C=O) groups is 4. The van der Waals surface area contributed by atoms with Gasteiger partial charge in [0.1, 0.15) is 5.82 Å². The van der Waals surface area contributed by atoms with Crippen LogP contribution in [0, 0.1) is 5.82 Å². The summed E-state index contributed by atoms with van der Waals surface area (Å²) < 4.78 is 12.9. The van der Waals surface area contributed by atoms with E-state index >= 15 is 0 Å². The van der Waals surface area contributed by atoms with Crippen LogP contribution in [0.1, 0.15) is 62.2 Å². The van der Waals surface area contributed by atoms with Crippen LogP contribution in [-0.4, -0.2) is 47.2 Å². The Morgan fingerprint density at radius 3 is 1.90 bits per heavy atom. The van der Waals surface area contributed by atoms with Crippen molar-refractivity contribution in [3.8, 4) is 0 Å². The molecule has 7 nitrogen and oxygen atoms in total. The smallest absolute Gasteiger partial charge is 0.262 e. The van der Waals surface area contributed by atoms with E-state index < -0.39 is 23.2 Å². The standard InChI is InChI=1S/C22H22FN3O4/c1-22(2,3)26-20(29)16-9-6-14(12-17(16)21(26)30)19(28)25-11-10-24-18(27)13-4-7-15(23)8-5-13/h4-9,12H,10-11H2,1-3H3,(H,24,27)(H,25,28). The predicted molar refractivity (Wildman–Crippen MR) is 108 cm³/mol. The number of nitrogens with one attached hydrogen (secondary N) is 2. The lowest BCUT2D eigenvalue weighted by atomic mass is 10.1. The summed E-state index contributed by atoms with van der Waals surface area (Å²) >= 11 is 0. The molecule has 1 heterocycles. The maximum Gasteiger partial charge on any atom is 0.262 e. The molecule has 0 aliphatic carbocycles. The van der Waals surface area contributed by atoms with E-state index in [2.05, 4.69) is 10.6 Å². The van der Waals surface area contributed by atoms with Gasteiger partial charge in [0.2, 0.25) is 0 Å². The SMILES string of the molecule is CC(C)(C)N1C(=O)c2ccc(C(=O)NCCNC(=O)c3ccc(F)cc3)cc2C1=O. The third kappa shape index (κ3) is 4.22. The molecule has 0 aromatic heterocycles. The fourth-order valence-corrected chi connectivity index (χ4v) is 3.15. The second-order valence-electron chi connectivity index (χ2n) is 7.90. The molecule has 8 heteroatoms. The highest BCUT2D eigenvalue weighted by atomic mass is 19.1. The van der Waals surface area contributed by atoms with Gasteiger partial charge in [0, 0.05) is 29.8 Å². The Morgan fingerprint density at radius 2 is 1.33 bits per heavy atom. The molecule has 0 unspecified atom stereocenters. The number of hydrogen-bond donors (Lipinski definition) is 2. The summed E-state index contributed by atoms with van der Waals surface area (Å²) in [4.78, 5) is 50.6. The molecule has 1 aliphatic rings. The molecular weight excluding hydrogens is 389 g/mol. The lowest BCUT2D eigenvalue weighted by Crippen LogP contribution is -2.45. The van der Waals surface area contributed by atoms with Crippen LogP contribution in [-0.2, 0) is 0 Å². The number of nitrogens with zero attached hydrogens (tertiary/aromatic N) is 1. The lowest BCUT2D eigenvalue weighted by Gasteiger charge is -2.29. The van der Waals surface area contributed by atoms with Crippen molar-refractivity contribution in [2.75, 3.05) is 13.1 Å². The maximum absolute atomic E-state index is 12.9. The van der Waals surface area contributed by atoms with E-state index in [9.17, 15) is 23.6 Å². The number of fused-ring (bicyclic) bond motifs is 1. The molecule has 0 spiro atoms. The molecule has 4 amide bonds. The minimum absolute atomic E-state index is 0.157. The van der Waals surface area contributed by atoms with Crippen LogP contribution in [0.4, 0.5) is 4.39 Å². The first-order valence-electron chi connectivity index (χ1n) is 9.44.